The van der Waals surface area contributed by atoms with Crippen LogP contribution in [0, 0.1) is 6.92 Å². The monoisotopic (exact) mass is 266 g/mol. The van der Waals surface area contributed by atoms with Crippen LogP contribution in [0.4, 0.5) is 11.8 Å². The zero-order chi connectivity index (χ0) is 13.9. The molecule has 1 heterocycles. The summed E-state index contributed by atoms with van der Waals surface area (Å²) in [6.45, 7) is 6.74. The fourth-order valence-electron chi connectivity index (χ4n) is 1.75. The number of hydrogen-bond acceptors (Lipinski definition) is 5. The molecule has 0 amide bonds. The second kappa shape index (κ2) is 9.55. The molecule has 0 aliphatic rings. The summed E-state index contributed by atoms with van der Waals surface area (Å²) in [5, 5.41) is 6.57. The number of aryl methyl sites for hydroxylation is 1. The van der Waals surface area contributed by atoms with Gasteiger partial charge in [-0.15, -0.1) is 0 Å². The Kier molecular flexibility index (Phi) is 7.89. The Morgan fingerprint density at radius 3 is 2.63 bits per heavy atom. The minimum Gasteiger partial charge on any atom is -0.385 e. The Labute approximate surface area is 116 Å². The van der Waals surface area contributed by atoms with Gasteiger partial charge in [-0.2, -0.15) is 4.98 Å². The average molecular weight is 266 g/mol. The van der Waals surface area contributed by atoms with Crippen LogP contribution in [0.1, 0.15) is 38.3 Å². The predicted octanol–water partition coefficient (Wildman–Crippen LogP) is 2.84. The van der Waals surface area contributed by atoms with Crippen molar-refractivity contribution in [3.8, 4) is 0 Å². The molecule has 0 bridgehead atoms. The van der Waals surface area contributed by atoms with Crippen LogP contribution < -0.4 is 10.6 Å². The van der Waals surface area contributed by atoms with Gasteiger partial charge in [0.15, 0.2) is 0 Å². The molecule has 5 nitrogen and oxygen atoms in total. The van der Waals surface area contributed by atoms with E-state index in [-0.39, 0.29) is 0 Å². The van der Waals surface area contributed by atoms with E-state index in [0.29, 0.717) is 5.95 Å². The van der Waals surface area contributed by atoms with Crippen molar-refractivity contribution in [3.05, 3.63) is 11.8 Å². The maximum absolute atomic E-state index is 5.02. The molecule has 0 saturated heterocycles. The van der Waals surface area contributed by atoms with E-state index < -0.39 is 0 Å². The summed E-state index contributed by atoms with van der Waals surface area (Å²) in [6, 6.07) is 1.96. The van der Waals surface area contributed by atoms with Gasteiger partial charge in [0.2, 0.25) is 5.95 Å². The average Bonchev–Trinajstić information content (AvgIpc) is 2.39. The van der Waals surface area contributed by atoms with Gasteiger partial charge >= 0.3 is 0 Å². The van der Waals surface area contributed by atoms with Gasteiger partial charge in [0.05, 0.1) is 0 Å². The number of anilines is 2. The highest BCUT2D eigenvalue weighted by Gasteiger charge is 2.01. The van der Waals surface area contributed by atoms with Gasteiger partial charge in [-0.05, 0) is 19.8 Å². The molecule has 1 aromatic rings. The van der Waals surface area contributed by atoms with Gasteiger partial charge in [-0.1, -0.05) is 19.8 Å². The first-order chi connectivity index (χ1) is 9.26. The quantitative estimate of drug-likeness (QED) is 0.638. The normalized spacial score (nSPS) is 10.5. The van der Waals surface area contributed by atoms with Crippen LogP contribution in [0.25, 0.3) is 0 Å². The van der Waals surface area contributed by atoms with Crippen LogP contribution in [-0.4, -0.2) is 36.8 Å². The van der Waals surface area contributed by atoms with Gasteiger partial charge in [-0.3, -0.25) is 0 Å². The van der Waals surface area contributed by atoms with E-state index in [2.05, 4.69) is 27.5 Å². The van der Waals surface area contributed by atoms with Gasteiger partial charge in [0.1, 0.15) is 5.82 Å². The minimum atomic E-state index is 0.713. The number of ether oxygens (including phenoxy) is 1. The number of unbranched alkanes of at least 4 members (excludes halogenated alkanes) is 2. The molecular weight excluding hydrogens is 240 g/mol. The lowest BCUT2D eigenvalue weighted by Gasteiger charge is -2.09. The maximum atomic E-state index is 5.02. The second-order valence-corrected chi connectivity index (χ2v) is 4.63. The molecule has 0 spiro atoms. The van der Waals surface area contributed by atoms with Crippen molar-refractivity contribution in [1.82, 2.24) is 9.97 Å². The number of nitrogens with one attached hydrogen (secondary N) is 2. The van der Waals surface area contributed by atoms with E-state index in [9.17, 15) is 0 Å². The minimum absolute atomic E-state index is 0.713. The number of hydrogen-bond donors (Lipinski definition) is 2. The first kappa shape index (κ1) is 15.7. The Bertz CT molecular complexity index is 327. The fraction of sp³-hybridized carbons (Fsp3) is 0.714. The SMILES string of the molecule is CCCCCNc1nc(C)cc(NCCCOC)n1. The summed E-state index contributed by atoms with van der Waals surface area (Å²) in [7, 11) is 1.72. The van der Waals surface area contributed by atoms with Crippen molar-refractivity contribution in [2.45, 2.75) is 39.5 Å². The van der Waals surface area contributed by atoms with Crippen LogP contribution in [0.15, 0.2) is 6.07 Å². The second-order valence-electron chi connectivity index (χ2n) is 4.63. The number of methoxy groups -OCH3 is 1. The van der Waals surface area contributed by atoms with Crippen molar-refractivity contribution < 1.29 is 4.74 Å². The smallest absolute Gasteiger partial charge is 0.224 e. The molecule has 0 fully saturated rings. The molecule has 0 atom stereocenters. The van der Waals surface area contributed by atoms with Crippen LogP contribution in [0.3, 0.4) is 0 Å². The van der Waals surface area contributed by atoms with Crippen molar-refractivity contribution in [3.63, 3.8) is 0 Å². The third-order valence-corrected chi connectivity index (χ3v) is 2.75. The zero-order valence-electron chi connectivity index (χ0n) is 12.3. The molecule has 0 aliphatic heterocycles. The van der Waals surface area contributed by atoms with E-state index >= 15 is 0 Å². The lowest BCUT2D eigenvalue weighted by Crippen LogP contribution is -2.10. The first-order valence-corrected chi connectivity index (χ1v) is 7.08. The van der Waals surface area contributed by atoms with Crippen molar-refractivity contribution in [2.75, 3.05) is 37.4 Å². The summed E-state index contributed by atoms with van der Waals surface area (Å²) in [5.74, 6) is 1.59. The van der Waals surface area contributed by atoms with Gasteiger partial charge in [-0.25, -0.2) is 4.98 Å². The highest BCUT2D eigenvalue weighted by atomic mass is 16.5. The molecule has 1 rings (SSSR count). The number of aromatic nitrogens is 2. The van der Waals surface area contributed by atoms with Crippen LogP contribution in [0.2, 0.25) is 0 Å². The molecule has 2 N–H and O–H groups in total. The van der Waals surface area contributed by atoms with E-state index in [1.54, 1.807) is 7.11 Å². The largest absolute Gasteiger partial charge is 0.385 e. The maximum Gasteiger partial charge on any atom is 0.224 e. The summed E-state index contributed by atoms with van der Waals surface area (Å²) in [6.07, 6.45) is 4.59. The Morgan fingerprint density at radius 1 is 1.11 bits per heavy atom. The highest BCUT2D eigenvalue weighted by Crippen LogP contribution is 2.09. The molecule has 0 saturated carbocycles. The zero-order valence-corrected chi connectivity index (χ0v) is 12.3. The Morgan fingerprint density at radius 2 is 1.89 bits per heavy atom. The Balaban J connectivity index is 2.41. The lowest BCUT2D eigenvalue weighted by atomic mass is 10.2. The summed E-state index contributed by atoms with van der Waals surface area (Å²) >= 11 is 0. The standard InChI is InChI=1S/C14H26N4O/c1-4-5-6-8-16-14-17-12(2)11-13(18-14)15-9-7-10-19-3/h11H,4-10H2,1-3H3,(H2,15,16,17,18). The number of rotatable bonds is 10. The summed E-state index contributed by atoms with van der Waals surface area (Å²) in [5.41, 5.74) is 0.974. The Hall–Kier alpha value is -1.36. The van der Waals surface area contributed by atoms with Crippen LogP contribution in [-0.2, 0) is 4.74 Å². The van der Waals surface area contributed by atoms with E-state index in [1.807, 2.05) is 13.0 Å². The molecule has 0 radical (unpaired) electrons. The molecular formula is C14H26N4O. The van der Waals surface area contributed by atoms with Gasteiger partial charge < -0.3 is 15.4 Å². The molecule has 0 unspecified atom stereocenters. The number of nitrogens with zero attached hydrogens (tertiary/aromatic N) is 2. The first-order valence-electron chi connectivity index (χ1n) is 7.08. The summed E-state index contributed by atoms with van der Waals surface area (Å²) in [4.78, 5) is 8.84. The van der Waals surface area contributed by atoms with Gasteiger partial charge in [0.25, 0.3) is 0 Å². The van der Waals surface area contributed by atoms with Crippen molar-refractivity contribution >= 4 is 11.8 Å². The lowest BCUT2D eigenvalue weighted by molar-refractivity contribution is 0.198. The molecule has 0 aromatic carbocycles. The third kappa shape index (κ3) is 6.96. The summed E-state index contributed by atoms with van der Waals surface area (Å²) < 4.78 is 5.02. The van der Waals surface area contributed by atoms with E-state index in [4.69, 9.17) is 4.74 Å². The predicted molar refractivity (Wildman–Crippen MR) is 79.8 cm³/mol. The molecule has 0 aliphatic carbocycles. The van der Waals surface area contributed by atoms with Crippen LogP contribution >= 0.6 is 0 Å². The molecule has 5 heteroatoms. The third-order valence-electron chi connectivity index (χ3n) is 2.75. The highest BCUT2D eigenvalue weighted by molar-refractivity contribution is 5.42. The molecule has 108 valence electrons. The fourth-order valence-corrected chi connectivity index (χ4v) is 1.75. The molecule has 19 heavy (non-hydrogen) atoms. The van der Waals surface area contributed by atoms with E-state index in [0.717, 1.165) is 44.0 Å². The van der Waals surface area contributed by atoms with Crippen molar-refractivity contribution in [1.29, 1.82) is 0 Å². The van der Waals surface area contributed by atoms with Crippen LogP contribution in [0.5, 0.6) is 0 Å². The van der Waals surface area contributed by atoms with Crippen molar-refractivity contribution in [2.24, 2.45) is 0 Å². The topological polar surface area (TPSA) is 59.1 Å². The van der Waals surface area contributed by atoms with E-state index in [1.165, 1.54) is 12.8 Å². The van der Waals surface area contributed by atoms with Gasteiger partial charge in [0, 0.05) is 38.6 Å². The molecule has 1 aromatic heterocycles.